The maximum atomic E-state index is 6.05. The van der Waals surface area contributed by atoms with Crippen molar-refractivity contribution >= 4 is 23.2 Å². The van der Waals surface area contributed by atoms with Crippen LogP contribution in [0.2, 0.25) is 5.28 Å². The summed E-state index contributed by atoms with van der Waals surface area (Å²) in [5.74, 6) is 1.02. The summed E-state index contributed by atoms with van der Waals surface area (Å²) in [5, 5.41) is 0.174. The highest BCUT2D eigenvalue weighted by molar-refractivity contribution is 6.28. The molecular weight excluding hydrogens is 288 g/mol. The van der Waals surface area contributed by atoms with Gasteiger partial charge >= 0.3 is 0 Å². The molecule has 0 bridgehead atoms. The first-order valence-corrected chi connectivity index (χ1v) is 6.94. The number of para-hydroxylation sites is 1. The van der Waals surface area contributed by atoms with Crippen molar-refractivity contribution in [1.82, 2.24) is 24.5 Å². The fourth-order valence-corrected chi connectivity index (χ4v) is 2.64. The molecule has 6 nitrogen and oxygen atoms in total. The lowest BCUT2D eigenvalue weighted by Crippen LogP contribution is -2.18. The number of hydrogen-bond acceptors (Lipinski definition) is 5. The molecule has 21 heavy (non-hydrogen) atoms. The van der Waals surface area contributed by atoms with Gasteiger partial charge in [-0.15, -0.1) is 0 Å². The molecule has 0 amide bonds. The Morgan fingerprint density at radius 1 is 1.05 bits per heavy atom. The van der Waals surface area contributed by atoms with E-state index in [0.717, 1.165) is 18.7 Å². The zero-order valence-electron chi connectivity index (χ0n) is 11.0. The van der Waals surface area contributed by atoms with Crippen molar-refractivity contribution < 1.29 is 0 Å². The molecule has 3 aromatic rings. The lowest BCUT2D eigenvalue weighted by Gasteiger charge is -2.17. The van der Waals surface area contributed by atoms with Crippen LogP contribution in [-0.4, -0.2) is 31.0 Å². The number of benzene rings is 1. The van der Waals surface area contributed by atoms with E-state index >= 15 is 0 Å². The van der Waals surface area contributed by atoms with Gasteiger partial charge in [-0.05, 0) is 29.7 Å². The number of halogens is 1. The first-order valence-electron chi connectivity index (χ1n) is 6.56. The third kappa shape index (κ3) is 2.13. The zero-order chi connectivity index (χ0) is 14.2. The monoisotopic (exact) mass is 298 g/mol. The summed E-state index contributed by atoms with van der Waals surface area (Å²) in [6.45, 7) is 0.836. The van der Waals surface area contributed by atoms with Gasteiger partial charge in [-0.25, -0.2) is 4.98 Å². The quantitative estimate of drug-likeness (QED) is 0.727. The van der Waals surface area contributed by atoms with Crippen molar-refractivity contribution in [1.29, 1.82) is 0 Å². The summed E-state index contributed by atoms with van der Waals surface area (Å²) < 4.78 is 1.71. The van der Waals surface area contributed by atoms with E-state index in [9.17, 15) is 0 Å². The van der Waals surface area contributed by atoms with Crippen LogP contribution < -0.4 is 4.90 Å². The number of aromatic nitrogens is 5. The normalized spacial score (nSPS) is 13.5. The third-order valence-corrected chi connectivity index (χ3v) is 3.62. The van der Waals surface area contributed by atoms with Crippen LogP contribution in [0.3, 0.4) is 0 Å². The highest BCUT2D eigenvalue weighted by atomic mass is 35.5. The second-order valence-electron chi connectivity index (χ2n) is 4.70. The van der Waals surface area contributed by atoms with Gasteiger partial charge in [0.15, 0.2) is 0 Å². The molecule has 0 unspecified atom stereocenters. The Bertz CT molecular complexity index is 786. The molecule has 1 aliphatic heterocycles. The molecule has 7 heteroatoms. The van der Waals surface area contributed by atoms with Gasteiger partial charge in [-0.1, -0.05) is 18.2 Å². The molecule has 3 heterocycles. The first kappa shape index (κ1) is 12.3. The maximum absolute atomic E-state index is 6.05. The summed E-state index contributed by atoms with van der Waals surface area (Å²) >= 11 is 6.05. The van der Waals surface area contributed by atoms with E-state index in [0.29, 0.717) is 11.9 Å². The molecule has 1 aromatic carbocycles. The third-order valence-electron chi connectivity index (χ3n) is 3.45. The molecule has 1 aliphatic rings. The van der Waals surface area contributed by atoms with Crippen molar-refractivity contribution in [2.45, 2.75) is 6.42 Å². The molecule has 0 N–H and O–H groups in total. The van der Waals surface area contributed by atoms with Crippen LogP contribution in [0.4, 0.5) is 11.6 Å². The first-order chi connectivity index (χ1) is 10.3. The molecule has 0 spiro atoms. The Labute approximate surface area is 126 Å². The Hall–Kier alpha value is -2.47. The molecule has 0 fully saturated rings. The summed E-state index contributed by atoms with van der Waals surface area (Å²) in [4.78, 5) is 19.0. The molecule has 0 aliphatic carbocycles. The number of imidazole rings is 1. The van der Waals surface area contributed by atoms with Gasteiger partial charge in [0.2, 0.25) is 17.2 Å². The van der Waals surface area contributed by atoms with E-state index in [1.807, 2.05) is 12.1 Å². The summed E-state index contributed by atoms with van der Waals surface area (Å²) in [5.41, 5.74) is 2.41. The van der Waals surface area contributed by atoms with Gasteiger partial charge in [-0.2, -0.15) is 15.0 Å². The second kappa shape index (κ2) is 4.82. The van der Waals surface area contributed by atoms with E-state index in [2.05, 4.69) is 37.0 Å². The Morgan fingerprint density at radius 3 is 2.76 bits per heavy atom. The predicted octanol–water partition coefficient (Wildman–Crippen LogP) is 2.40. The lowest BCUT2D eigenvalue weighted by atomic mass is 10.2. The van der Waals surface area contributed by atoms with Crippen LogP contribution in [0.1, 0.15) is 5.56 Å². The van der Waals surface area contributed by atoms with Crippen LogP contribution >= 0.6 is 11.6 Å². The lowest BCUT2D eigenvalue weighted by molar-refractivity contribution is 0.860. The second-order valence-corrected chi connectivity index (χ2v) is 5.04. The molecule has 0 saturated heterocycles. The van der Waals surface area contributed by atoms with Gasteiger partial charge in [0.1, 0.15) is 6.33 Å². The van der Waals surface area contributed by atoms with E-state index < -0.39 is 0 Å². The Kier molecular flexibility index (Phi) is 2.82. The smallest absolute Gasteiger partial charge is 0.241 e. The van der Waals surface area contributed by atoms with E-state index in [4.69, 9.17) is 11.6 Å². The van der Waals surface area contributed by atoms with Crippen LogP contribution in [0.15, 0.2) is 43.0 Å². The largest absolute Gasteiger partial charge is 0.310 e. The number of hydrogen-bond donors (Lipinski definition) is 0. The van der Waals surface area contributed by atoms with Crippen LogP contribution in [0, 0.1) is 0 Å². The van der Waals surface area contributed by atoms with Crippen molar-refractivity contribution in [3.63, 3.8) is 0 Å². The van der Waals surface area contributed by atoms with Gasteiger partial charge in [0.25, 0.3) is 0 Å². The molecule has 0 radical (unpaired) electrons. The molecule has 2 aromatic heterocycles. The molecular formula is C14H11ClN6. The number of fused-ring (bicyclic) bond motifs is 1. The van der Waals surface area contributed by atoms with Gasteiger partial charge in [-0.3, -0.25) is 4.57 Å². The van der Waals surface area contributed by atoms with Gasteiger partial charge in [0.05, 0.1) is 0 Å². The predicted molar refractivity (Wildman–Crippen MR) is 79.1 cm³/mol. The molecule has 0 saturated carbocycles. The van der Waals surface area contributed by atoms with Crippen LogP contribution in [0.5, 0.6) is 0 Å². The van der Waals surface area contributed by atoms with E-state index in [1.165, 1.54) is 5.56 Å². The van der Waals surface area contributed by atoms with Crippen LogP contribution in [0.25, 0.3) is 5.95 Å². The fourth-order valence-electron chi connectivity index (χ4n) is 2.49. The molecule has 4 rings (SSSR count). The zero-order valence-corrected chi connectivity index (χ0v) is 11.8. The van der Waals surface area contributed by atoms with Crippen molar-refractivity contribution in [3.8, 4) is 5.95 Å². The van der Waals surface area contributed by atoms with Crippen molar-refractivity contribution in [2.24, 2.45) is 0 Å². The fraction of sp³-hybridized carbons (Fsp3) is 0.143. The summed E-state index contributed by atoms with van der Waals surface area (Å²) in [6, 6.07) is 8.24. The Morgan fingerprint density at radius 2 is 1.90 bits per heavy atom. The Balaban J connectivity index is 1.80. The number of anilines is 2. The van der Waals surface area contributed by atoms with Gasteiger partial charge in [0, 0.05) is 24.6 Å². The molecule has 104 valence electrons. The minimum atomic E-state index is 0.174. The SMILES string of the molecule is Clc1nc(N2CCc3ccccc32)nc(-n2ccnc2)n1. The van der Waals surface area contributed by atoms with E-state index in [1.54, 1.807) is 23.3 Å². The highest BCUT2D eigenvalue weighted by Gasteiger charge is 2.23. The minimum Gasteiger partial charge on any atom is -0.310 e. The summed E-state index contributed by atoms with van der Waals surface area (Å²) in [7, 11) is 0. The van der Waals surface area contributed by atoms with Crippen LogP contribution in [-0.2, 0) is 6.42 Å². The minimum absolute atomic E-state index is 0.174. The van der Waals surface area contributed by atoms with Crippen molar-refractivity contribution in [3.05, 3.63) is 53.8 Å². The van der Waals surface area contributed by atoms with Gasteiger partial charge < -0.3 is 4.90 Å². The topological polar surface area (TPSA) is 59.7 Å². The average molecular weight is 299 g/mol. The van der Waals surface area contributed by atoms with E-state index in [-0.39, 0.29) is 5.28 Å². The maximum Gasteiger partial charge on any atom is 0.241 e. The average Bonchev–Trinajstić information content (AvgIpc) is 3.16. The number of nitrogens with zero attached hydrogens (tertiary/aromatic N) is 6. The standard InChI is InChI=1S/C14H11ClN6/c15-12-17-13(20-8-6-16-9-20)19-14(18-12)21-7-5-10-3-1-2-4-11(10)21/h1-4,6,8-9H,5,7H2. The van der Waals surface area contributed by atoms with Crippen molar-refractivity contribution in [2.75, 3.05) is 11.4 Å². The highest BCUT2D eigenvalue weighted by Crippen LogP contribution is 2.32. The number of rotatable bonds is 2. The molecule has 0 atom stereocenters. The summed E-state index contributed by atoms with van der Waals surface area (Å²) in [6.07, 6.45) is 6.04.